The minimum absolute atomic E-state index is 0.427. The van der Waals surface area contributed by atoms with Gasteiger partial charge < -0.3 is 14.4 Å². The molecule has 8 nitrogen and oxygen atoms in total. The van der Waals surface area contributed by atoms with Crippen molar-refractivity contribution in [2.24, 2.45) is 0 Å². The molecule has 1 fully saturated rings. The van der Waals surface area contributed by atoms with Crippen LogP contribution in [0.25, 0.3) is 11.5 Å². The minimum Gasteiger partial charge on any atom is -0.479 e. The van der Waals surface area contributed by atoms with Gasteiger partial charge in [0.05, 0.1) is 17.7 Å². The molecule has 0 atom stereocenters. The summed E-state index contributed by atoms with van der Waals surface area (Å²) in [5.74, 6) is 0.575. The van der Waals surface area contributed by atoms with E-state index >= 15 is 0 Å². The van der Waals surface area contributed by atoms with E-state index in [-0.39, 0.29) is 0 Å². The minimum atomic E-state index is -1.08. The highest BCUT2D eigenvalue weighted by molar-refractivity contribution is 5.77. The number of hydrogen-bond donors (Lipinski definition) is 1. The van der Waals surface area contributed by atoms with Crippen molar-refractivity contribution in [3.8, 4) is 11.5 Å². The van der Waals surface area contributed by atoms with Crippen LogP contribution < -0.4 is 4.90 Å². The van der Waals surface area contributed by atoms with E-state index in [4.69, 9.17) is 4.42 Å². The van der Waals surface area contributed by atoms with Crippen LogP contribution in [-0.4, -0.2) is 43.9 Å². The highest BCUT2D eigenvalue weighted by Crippen LogP contribution is 2.33. The Morgan fingerprint density at radius 2 is 2.04 bits per heavy atom. The molecular formula is C19H21N5O3. The van der Waals surface area contributed by atoms with Crippen LogP contribution in [0.3, 0.4) is 0 Å². The largest absolute Gasteiger partial charge is 0.479 e. The van der Waals surface area contributed by atoms with E-state index in [1.165, 1.54) is 0 Å². The van der Waals surface area contributed by atoms with Crippen molar-refractivity contribution < 1.29 is 14.3 Å². The van der Waals surface area contributed by atoms with Gasteiger partial charge in [0.25, 0.3) is 0 Å². The predicted molar refractivity (Wildman–Crippen MR) is 98.5 cm³/mol. The number of anilines is 1. The fourth-order valence-corrected chi connectivity index (χ4v) is 3.57. The molecule has 3 aromatic heterocycles. The second kappa shape index (κ2) is 6.53. The van der Waals surface area contributed by atoms with E-state index in [0.29, 0.717) is 37.4 Å². The Kier molecular flexibility index (Phi) is 4.18. The first kappa shape index (κ1) is 17.3. The van der Waals surface area contributed by atoms with Crippen molar-refractivity contribution in [3.63, 3.8) is 0 Å². The molecule has 0 amide bonds. The van der Waals surface area contributed by atoms with Crippen molar-refractivity contribution in [3.05, 3.63) is 48.2 Å². The van der Waals surface area contributed by atoms with Crippen molar-refractivity contribution in [1.29, 1.82) is 0 Å². The number of piperidine rings is 1. The Balaban J connectivity index is 1.60. The van der Waals surface area contributed by atoms with Crippen LogP contribution in [0.5, 0.6) is 0 Å². The smallest absolute Gasteiger partial charge is 0.331 e. The average Bonchev–Trinajstić information content (AvgIpc) is 3.35. The van der Waals surface area contributed by atoms with Crippen molar-refractivity contribution in [2.75, 3.05) is 18.0 Å². The van der Waals surface area contributed by atoms with E-state index in [1.807, 2.05) is 19.9 Å². The molecule has 0 aliphatic carbocycles. The fraction of sp³-hybridized carbons (Fsp3) is 0.368. The molecule has 1 aliphatic heterocycles. The summed E-state index contributed by atoms with van der Waals surface area (Å²) in [5.41, 5.74) is 1.25. The Labute approximate surface area is 156 Å². The van der Waals surface area contributed by atoms with Crippen LogP contribution in [0.15, 0.2) is 41.3 Å². The zero-order valence-corrected chi connectivity index (χ0v) is 15.3. The lowest BCUT2D eigenvalue weighted by molar-refractivity contribution is -0.149. The highest BCUT2D eigenvalue weighted by Gasteiger charge is 2.44. The topological polar surface area (TPSA) is 97.3 Å². The molecule has 0 radical (unpaired) electrons. The summed E-state index contributed by atoms with van der Waals surface area (Å²) in [7, 11) is 0. The predicted octanol–water partition coefficient (Wildman–Crippen LogP) is 2.63. The quantitative estimate of drug-likeness (QED) is 0.757. The van der Waals surface area contributed by atoms with Crippen molar-refractivity contribution >= 4 is 11.8 Å². The SMILES string of the molecule is Cc1cnc(C)c(N2CCC(C(=O)O)(n3ccc(-c4ccco4)n3)CC2)n1. The van der Waals surface area contributed by atoms with Gasteiger partial charge in [0.15, 0.2) is 11.3 Å². The molecule has 0 aromatic carbocycles. The Morgan fingerprint density at radius 3 is 2.70 bits per heavy atom. The van der Waals surface area contributed by atoms with Crippen LogP contribution in [0.2, 0.25) is 0 Å². The molecule has 4 heterocycles. The highest BCUT2D eigenvalue weighted by atomic mass is 16.4. The summed E-state index contributed by atoms with van der Waals surface area (Å²) in [6, 6.07) is 5.37. The molecule has 3 aromatic rings. The van der Waals surface area contributed by atoms with E-state index in [0.717, 1.165) is 17.2 Å². The number of carboxylic acids is 1. The van der Waals surface area contributed by atoms with Gasteiger partial charge in [0, 0.05) is 38.3 Å². The van der Waals surface area contributed by atoms with Crippen LogP contribution in [0.4, 0.5) is 5.82 Å². The number of hydrogen-bond acceptors (Lipinski definition) is 6. The van der Waals surface area contributed by atoms with Crippen LogP contribution in [0, 0.1) is 13.8 Å². The monoisotopic (exact) mass is 367 g/mol. The zero-order chi connectivity index (χ0) is 19.0. The van der Waals surface area contributed by atoms with Gasteiger partial charge in [-0.1, -0.05) is 0 Å². The Bertz CT molecular complexity index is 956. The van der Waals surface area contributed by atoms with E-state index in [2.05, 4.69) is 20.0 Å². The Hall–Kier alpha value is -3.16. The van der Waals surface area contributed by atoms with Crippen LogP contribution in [-0.2, 0) is 10.3 Å². The molecule has 1 saturated heterocycles. The Morgan fingerprint density at radius 1 is 1.26 bits per heavy atom. The van der Waals surface area contributed by atoms with E-state index in [9.17, 15) is 9.90 Å². The van der Waals surface area contributed by atoms with Gasteiger partial charge in [-0.15, -0.1) is 0 Å². The number of nitrogens with zero attached hydrogens (tertiary/aromatic N) is 5. The second-order valence-corrected chi connectivity index (χ2v) is 6.87. The first-order valence-electron chi connectivity index (χ1n) is 8.88. The molecule has 0 unspecified atom stereocenters. The summed E-state index contributed by atoms with van der Waals surface area (Å²) in [6.07, 6.45) is 5.89. The number of rotatable bonds is 4. The third kappa shape index (κ3) is 2.97. The summed E-state index contributed by atoms with van der Waals surface area (Å²) in [4.78, 5) is 23.3. The summed E-state index contributed by atoms with van der Waals surface area (Å²) < 4.78 is 6.93. The van der Waals surface area contributed by atoms with E-state index < -0.39 is 11.5 Å². The molecule has 0 bridgehead atoms. The lowest BCUT2D eigenvalue weighted by Crippen LogP contribution is -2.51. The van der Waals surface area contributed by atoms with Gasteiger partial charge >= 0.3 is 5.97 Å². The van der Waals surface area contributed by atoms with Crippen LogP contribution >= 0.6 is 0 Å². The molecular weight excluding hydrogens is 346 g/mol. The number of carbonyl (C=O) groups is 1. The molecule has 4 rings (SSSR count). The molecule has 0 spiro atoms. The molecule has 27 heavy (non-hydrogen) atoms. The first-order valence-corrected chi connectivity index (χ1v) is 8.88. The third-order valence-electron chi connectivity index (χ3n) is 5.14. The number of aliphatic carboxylic acids is 1. The number of aryl methyl sites for hydroxylation is 2. The molecule has 1 aliphatic rings. The number of furan rings is 1. The maximum absolute atomic E-state index is 12.2. The lowest BCUT2D eigenvalue weighted by atomic mass is 9.87. The van der Waals surface area contributed by atoms with Crippen LogP contribution in [0.1, 0.15) is 24.2 Å². The van der Waals surface area contributed by atoms with Crippen molar-refractivity contribution in [2.45, 2.75) is 32.2 Å². The second-order valence-electron chi connectivity index (χ2n) is 6.87. The summed E-state index contributed by atoms with van der Waals surface area (Å²) >= 11 is 0. The first-order chi connectivity index (χ1) is 13.0. The van der Waals surface area contributed by atoms with Gasteiger partial charge in [-0.2, -0.15) is 5.10 Å². The maximum Gasteiger partial charge on any atom is 0.331 e. The summed E-state index contributed by atoms with van der Waals surface area (Å²) in [5, 5.41) is 14.5. The molecule has 8 heteroatoms. The standard InChI is InChI=1S/C19H21N5O3/c1-13-12-20-14(2)17(21-13)23-9-6-19(7-10-23,18(25)26)24-8-5-15(22-24)16-4-3-11-27-16/h3-5,8,11-12H,6-7,9-10H2,1-2H3,(H,25,26). The van der Waals surface area contributed by atoms with Gasteiger partial charge in [-0.25, -0.2) is 9.78 Å². The molecule has 0 saturated carbocycles. The third-order valence-corrected chi connectivity index (χ3v) is 5.14. The maximum atomic E-state index is 12.2. The summed E-state index contributed by atoms with van der Waals surface area (Å²) in [6.45, 7) is 4.97. The van der Waals surface area contributed by atoms with E-state index in [1.54, 1.807) is 35.5 Å². The van der Waals surface area contributed by atoms with Gasteiger partial charge in [0.1, 0.15) is 11.5 Å². The van der Waals surface area contributed by atoms with Gasteiger partial charge in [0.2, 0.25) is 0 Å². The van der Waals surface area contributed by atoms with Gasteiger partial charge in [-0.3, -0.25) is 9.67 Å². The number of carboxylic acid groups (broad SMARTS) is 1. The normalized spacial score (nSPS) is 16.4. The molecule has 140 valence electrons. The lowest BCUT2D eigenvalue weighted by Gasteiger charge is -2.39. The number of aromatic nitrogens is 4. The van der Waals surface area contributed by atoms with Crippen molar-refractivity contribution in [1.82, 2.24) is 19.7 Å². The zero-order valence-electron chi connectivity index (χ0n) is 15.3. The van der Waals surface area contributed by atoms with Gasteiger partial charge in [-0.05, 0) is 32.0 Å². The molecule has 1 N–H and O–H groups in total. The fourth-order valence-electron chi connectivity index (χ4n) is 3.57. The average molecular weight is 367 g/mol.